The van der Waals surface area contributed by atoms with E-state index in [1.807, 2.05) is 43.6 Å². The molecule has 1 unspecified atom stereocenters. The Morgan fingerprint density at radius 1 is 1.03 bits per heavy atom. The van der Waals surface area contributed by atoms with Gasteiger partial charge in [0.15, 0.2) is 5.43 Å². The van der Waals surface area contributed by atoms with E-state index in [4.69, 9.17) is 0 Å². The Balaban J connectivity index is 1.36. The number of hydrogen-bond acceptors (Lipinski definition) is 6. The molecule has 5 aromatic rings. The lowest BCUT2D eigenvalue weighted by atomic mass is 10.1. The molecular formula is C27H23N5O3S. The SMILES string of the molecule is Cn1cc(-c2cnc3ccc4ccc(CS(=O)(=O)NC5CCc6cccnc65)cc4c(=O)c3c2)cn1. The molecule has 0 bridgehead atoms. The van der Waals surface area contributed by atoms with Gasteiger partial charge in [0, 0.05) is 47.5 Å². The normalized spacial score (nSPS) is 15.4. The molecule has 0 aliphatic heterocycles. The fourth-order valence-electron chi connectivity index (χ4n) is 4.87. The van der Waals surface area contributed by atoms with Gasteiger partial charge in [-0.3, -0.25) is 19.4 Å². The van der Waals surface area contributed by atoms with Gasteiger partial charge in [-0.2, -0.15) is 5.10 Å². The zero-order chi connectivity index (χ0) is 24.9. The predicted octanol–water partition coefficient (Wildman–Crippen LogP) is 3.65. The fourth-order valence-corrected chi connectivity index (χ4v) is 6.24. The first kappa shape index (κ1) is 22.5. The van der Waals surface area contributed by atoms with Gasteiger partial charge in [-0.15, -0.1) is 0 Å². The van der Waals surface area contributed by atoms with Crippen LogP contribution >= 0.6 is 0 Å². The largest absolute Gasteiger partial charge is 0.289 e. The molecule has 0 fully saturated rings. The zero-order valence-corrected chi connectivity index (χ0v) is 20.4. The van der Waals surface area contributed by atoms with E-state index in [0.29, 0.717) is 28.3 Å². The van der Waals surface area contributed by atoms with E-state index >= 15 is 0 Å². The molecule has 0 saturated carbocycles. The van der Waals surface area contributed by atoms with Crippen LogP contribution in [-0.4, -0.2) is 28.2 Å². The Morgan fingerprint density at radius 2 is 1.89 bits per heavy atom. The molecule has 0 amide bonds. The maximum atomic E-state index is 13.6. The number of aromatic nitrogens is 4. The van der Waals surface area contributed by atoms with E-state index in [-0.39, 0.29) is 17.2 Å². The lowest BCUT2D eigenvalue weighted by molar-refractivity contribution is 0.550. The molecule has 1 aliphatic rings. The van der Waals surface area contributed by atoms with Crippen molar-refractivity contribution in [3.05, 3.63) is 100 Å². The zero-order valence-electron chi connectivity index (χ0n) is 19.5. The Kier molecular flexibility index (Phi) is 5.39. The molecule has 8 nitrogen and oxygen atoms in total. The molecule has 1 aliphatic carbocycles. The average Bonchev–Trinajstić information content (AvgIpc) is 3.45. The standard InChI is InChI=1S/C27H23N5O3S/c1-32-15-21(14-30-32)20-12-23-24(29-13-20)8-6-18-5-4-17(11-22(18)27(23)33)16-36(34,35)31-25-9-7-19-3-2-10-28-26(19)25/h2-6,8,10-15,25,31H,7,9,16H2,1H3. The fraction of sp³-hybridized carbons (Fsp3) is 0.185. The van der Waals surface area contributed by atoms with E-state index in [9.17, 15) is 13.2 Å². The van der Waals surface area contributed by atoms with Crippen molar-refractivity contribution in [3.63, 3.8) is 0 Å². The first-order chi connectivity index (χ1) is 17.4. The van der Waals surface area contributed by atoms with Gasteiger partial charge >= 0.3 is 0 Å². The van der Waals surface area contributed by atoms with Crippen LogP contribution < -0.4 is 10.2 Å². The second kappa shape index (κ2) is 8.61. The second-order valence-corrected chi connectivity index (χ2v) is 10.9. The van der Waals surface area contributed by atoms with E-state index in [1.165, 1.54) is 0 Å². The summed E-state index contributed by atoms with van der Waals surface area (Å²) in [6.45, 7) is 0. The van der Waals surface area contributed by atoms with Crippen molar-refractivity contribution in [3.8, 4) is 11.1 Å². The van der Waals surface area contributed by atoms with E-state index in [2.05, 4.69) is 19.8 Å². The highest BCUT2D eigenvalue weighted by Crippen LogP contribution is 2.30. The number of nitrogens with one attached hydrogen (secondary N) is 1. The summed E-state index contributed by atoms with van der Waals surface area (Å²) < 4.78 is 30.6. The molecule has 6 rings (SSSR count). The summed E-state index contributed by atoms with van der Waals surface area (Å²) in [7, 11) is -1.83. The van der Waals surface area contributed by atoms with Crippen LogP contribution in [-0.2, 0) is 29.2 Å². The van der Waals surface area contributed by atoms with Gasteiger partial charge in [0.25, 0.3) is 0 Å². The highest BCUT2D eigenvalue weighted by molar-refractivity contribution is 7.88. The molecule has 0 saturated heterocycles. The summed E-state index contributed by atoms with van der Waals surface area (Å²) in [5.41, 5.74) is 4.45. The van der Waals surface area contributed by atoms with Gasteiger partial charge in [0.05, 0.1) is 29.2 Å². The Morgan fingerprint density at radius 3 is 2.72 bits per heavy atom. The van der Waals surface area contributed by atoms with Gasteiger partial charge < -0.3 is 0 Å². The lowest BCUT2D eigenvalue weighted by Crippen LogP contribution is -2.29. The third-order valence-electron chi connectivity index (χ3n) is 6.62. The van der Waals surface area contributed by atoms with Crippen LogP contribution in [0.3, 0.4) is 0 Å². The Labute approximate surface area is 207 Å². The summed E-state index contributed by atoms with van der Waals surface area (Å²) in [6.07, 6.45) is 8.48. The third-order valence-corrected chi connectivity index (χ3v) is 7.98. The van der Waals surface area contributed by atoms with Crippen molar-refractivity contribution in [2.24, 2.45) is 7.05 Å². The minimum atomic E-state index is -3.66. The van der Waals surface area contributed by atoms with Crippen LogP contribution in [0.25, 0.3) is 32.8 Å². The molecule has 3 heterocycles. The molecule has 0 spiro atoms. The van der Waals surface area contributed by atoms with E-state index in [0.717, 1.165) is 34.2 Å². The molecular weight excluding hydrogens is 474 g/mol. The molecule has 0 radical (unpaired) electrons. The van der Waals surface area contributed by atoms with Crippen molar-refractivity contribution in [2.45, 2.75) is 24.6 Å². The molecule has 3 aromatic heterocycles. The van der Waals surface area contributed by atoms with Crippen molar-refractivity contribution < 1.29 is 8.42 Å². The van der Waals surface area contributed by atoms with Gasteiger partial charge in [0.2, 0.25) is 10.0 Å². The van der Waals surface area contributed by atoms with Gasteiger partial charge in [-0.1, -0.05) is 24.3 Å². The predicted molar refractivity (Wildman–Crippen MR) is 139 cm³/mol. The van der Waals surface area contributed by atoms with Crippen molar-refractivity contribution >= 4 is 31.7 Å². The Hall–Kier alpha value is -3.95. The minimum Gasteiger partial charge on any atom is -0.289 e. The second-order valence-electron chi connectivity index (χ2n) is 9.16. The van der Waals surface area contributed by atoms with Crippen LogP contribution in [0.15, 0.2) is 78.1 Å². The van der Waals surface area contributed by atoms with Crippen molar-refractivity contribution in [2.75, 3.05) is 0 Å². The molecule has 36 heavy (non-hydrogen) atoms. The first-order valence-corrected chi connectivity index (χ1v) is 13.3. The third kappa shape index (κ3) is 4.16. The summed E-state index contributed by atoms with van der Waals surface area (Å²) in [5.74, 6) is -0.225. The van der Waals surface area contributed by atoms with Crippen LogP contribution in [0.1, 0.15) is 29.3 Å². The number of pyridine rings is 2. The quantitative estimate of drug-likeness (QED) is 0.397. The minimum absolute atomic E-state index is 0.190. The number of rotatable bonds is 5. The average molecular weight is 498 g/mol. The van der Waals surface area contributed by atoms with Crippen LogP contribution in [0.5, 0.6) is 0 Å². The van der Waals surface area contributed by atoms with Crippen LogP contribution in [0.4, 0.5) is 0 Å². The van der Waals surface area contributed by atoms with Crippen LogP contribution in [0.2, 0.25) is 0 Å². The molecule has 2 aromatic carbocycles. The number of hydrogen-bond donors (Lipinski definition) is 1. The number of sulfonamides is 1. The molecule has 9 heteroatoms. The molecule has 1 N–H and O–H groups in total. The number of aryl methyl sites for hydroxylation is 2. The monoisotopic (exact) mass is 497 g/mol. The number of fused-ring (bicyclic) bond motifs is 3. The number of benzene rings is 1. The first-order valence-electron chi connectivity index (χ1n) is 11.6. The Bertz CT molecular complexity index is 1810. The lowest BCUT2D eigenvalue weighted by Gasteiger charge is -2.13. The van der Waals surface area contributed by atoms with E-state index < -0.39 is 10.0 Å². The van der Waals surface area contributed by atoms with Crippen molar-refractivity contribution in [1.29, 1.82) is 0 Å². The highest BCUT2D eigenvalue weighted by Gasteiger charge is 2.27. The molecule has 1 atom stereocenters. The van der Waals surface area contributed by atoms with Gasteiger partial charge in [-0.05, 0) is 53.6 Å². The molecule has 180 valence electrons. The maximum Gasteiger partial charge on any atom is 0.216 e. The smallest absolute Gasteiger partial charge is 0.216 e. The van der Waals surface area contributed by atoms with Gasteiger partial charge in [-0.25, -0.2) is 13.1 Å². The topological polar surface area (TPSA) is 107 Å². The number of nitrogens with zero attached hydrogens (tertiary/aromatic N) is 4. The van der Waals surface area contributed by atoms with Crippen LogP contribution in [0, 0.1) is 0 Å². The maximum absolute atomic E-state index is 13.6. The van der Waals surface area contributed by atoms with Gasteiger partial charge in [0.1, 0.15) is 0 Å². The summed E-state index contributed by atoms with van der Waals surface area (Å²) in [5, 5.41) is 5.85. The summed E-state index contributed by atoms with van der Waals surface area (Å²) >= 11 is 0. The summed E-state index contributed by atoms with van der Waals surface area (Å²) in [4.78, 5) is 22.4. The highest BCUT2D eigenvalue weighted by atomic mass is 32.2. The van der Waals surface area contributed by atoms with Crippen molar-refractivity contribution in [1.82, 2.24) is 24.5 Å². The van der Waals surface area contributed by atoms with E-state index in [1.54, 1.807) is 41.5 Å². The summed E-state index contributed by atoms with van der Waals surface area (Å²) in [6, 6.07) is 14.2.